The summed E-state index contributed by atoms with van der Waals surface area (Å²) in [5.74, 6) is 1.21. The zero-order chi connectivity index (χ0) is 16.0. The molecule has 1 heteroatoms. The Labute approximate surface area is 138 Å². The van der Waals surface area contributed by atoms with Crippen LogP contribution in [0.3, 0.4) is 0 Å². The van der Waals surface area contributed by atoms with Gasteiger partial charge in [-0.3, -0.25) is 0 Å². The Hall–Kier alpha value is -0.823. The van der Waals surface area contributed by atoms with Gasteiger partial charge in [0.1, 0.15) is 0 Å². The van der Waals surface area contributed by atoms with Crippen molar-refractivity contribution in [1.82, 2.24) is 0 Å². The quantitative estimate of drug-likeness (QED) is 0.525. The molecule has 3 rings (SSSR count). The van der Waals surface area contributed by atoms with E-state index >= 15 is 0 Å². The van der Waals surface area contributed by atoms with E-state index < -0.39 is 8.07 Å². The highest BCUT2D eigenvalue weighted by atomic mass is 28.3. The van der Waals surface area contributed by atoms with E-state index in [9.17, 15) is 0 Å². The van der Waals surface area contributed by atoms with E-state index in [0.29, 0.717) is 17.3 Å². The van der Waals surface area contributed by atoms with Crippen LogP contribution in [0, 0.1) is 17.3 Å². The highest BCUT2D eigenvalue weighted by Crippen LogP contribution is 2.47. The average molecular weight is 313 g/mol. The molecule has 3 aliphatic carbocycles. The summed E-state index contributed by atoms with van der Waals surface area (Å²) in [4.78, 5) is 0. The summed E-state index contributed by atoms with van der Waals surface area (Å²) in [5, 5.41) is 1.64. The molecule has 0 heterocycles. The SMILES string of the molecule is CC(C)(C1C=C2CCCCCC2=C1)C1C=CC([Si](C)(C)C)=C1. The van der Waals surface area contributed by atoms with Gasteiger partial charge in [0.15, 0.2) is 0 Å². The predicted molar refractivity (Wildman–Crippen MR) is 101 cm³/mol. The van der Waals surface area contributed by atoms with Crippen LogP contribution in [0.5, 0.6) is 0 Å². The number of rotatable bonds is 3. The summed E-state index contributed by atoms with van der Waals surface area (Å²) in [6.45, 7) is 12.3. The van der Waals surface area contributed by atoms with Crippen LogP contribution in [-0.2, 0) is 0 Å². The van der Waals surface area contributed by atoms with Crippen LogP contribution >= 0.6 is 0 Å². The lowest BCUT2D eigenvalue weighted by atomic mass is 9.70. The number of hydrogen-bond acceptors (Lipinski definition) is 0. The fourth-order valence-electron chi connectivity index (χ4n) is 4.12. The number of fused-ring (bicyclic) bond motifs is 1. The van der Waals surface area contributed by atoms with Gasteiger partial charge in [-0.2, -0.15) is 0 Å². The average Bonchev–Trinajstić information content (AvgIpc) is 3.02. The number of allylic oxidation sites excluding steroid dienone is 8. The highest BCUT2D eigenvalue weighted by Gasteiger charge is 2.38. The van der Waals surface area contributed by atoms with Crippen molar-refractivity contribution in [2.45, 2.75) is 65.6 Å². The lowest BCUT2D eigenvalue weighted by Crippen LogP contribution is -2.28. The second-order valence-electron chi connectivity index (χ2n) is 9.05. The maximum absolute atomic E-state index is 2.61. The molecule has 0 aliphatic heterocycles. The van der Waals surface area contributed by atoms with Crippen molar-refractivity contribution >= 4 is 8.07 Å². The lowest BCUT2D eigenvalue weighted by Gasteiger charge is -2.34. The van der Waals surface area contributed by atoms with Gasteiger partial charge >= 0.3 is 0 Å². The third kappa shape index (κ3) is 2.97. The molecule has 3 aliphatic rings. The zero-order valence-electron chi connectivity index (χ0n) is 15.1. The van der Waals surface area contributed by atoms with Crippen molar-refractivity contribution in [2.75, 3.05) is 0 Å². The van der Waals surface area contributed by atoms with E-state index in [1.807, 2.05) is 0 Å². The minimum Gasteiger partial charge on any atom is -0.0778 e. The molecular formula is C21H32Si. The van der Waals surface area contributed by atoms with Gasteiger partial charge in [0.2, 0.25) is 0 Å². The first-order chi connectivity index (χ1) is 10.3. The van der Waals surface area contributed by atoms with Crippen molar-refractivity contribution in [3.8, 4) is 0 Å². The molecule has 1 saturated carbocycles. The smallest absolute Gasteiger partial charge is 0.0771 e. The largest absolute Gasteiger partial charge is 0.0778 e. The minimum atomic E-state index is -1.18. The van der Waals surface area contributed by atoms with Gasteiger partial charge in [-0.1, -0.05) is 75.5 Å². The molecule has 0 N–H and O–H groups in total. The van der Waals surface area contributed by atoms with Crippen molar-refractivity contribution < 1.29 is 0 Å². The second-order valence-corrected chi connectivity index (χ2v) is 14.1. The summed E-state index contributed by atoms with van der Waals surface area (Å²) in [6, 6.07) is 0. The lowest BCUT2D eigenvalue weighted by molar-refractivity contribution is 0.252. The van der Waals surface area contributed by atoms with Gasteiger partial charge in [0.05, 0.1) is 8.07 Å². The van der Waals surface area contributed by atoms with Gasteiger partial charge < -0.3 is 0 Å². The third-order valence-electron chi connectivity index (χ3n) is 5.99. The van der Waals surface area contributed by atoms with Crippen molar-refractivity contribution in [3.63, 3.8) is 0 Å². The Morgan fingerprint density at radius 1 is 0.864 bits per heavy atom. The normalized spacial score (nSPS) is 26.4. The van der Waals surface area contributed by atoms with Gasteiger partial charge in [0, 0.05) is 11.8 Å². The molecule has 22 heavy (non-hydrogen) atoms. The molecule has 0 nitrogen and oxygen atoms in total. The molecule has 0 amide bonds. The van der Waals surface area contributed by atoms with Gasteiger partial charge in [-0.15, -0.1) is 0 Å². The monoisotopic (exact) mass is 312 g/mol. The maximum Gasteiger partial charge on any atom is 0.0771 e. The van der Waals surface area contributed by atoms with Crippen molar-refractivity contribution in [1.29, 1.82) is 0 Å². The van der Waals surface area contributed by atoms with Crippen LogP contribution in [0.2, 0.25) is 19.6 Å². The molecule has 0 aromatic carbocycles. The van der Waals surface area contributed by atoms with Crippen molar-refractivity contribution in [2.24, 2.45) is 17.3 Å². The molecule has 0 bridgehead atoms. The van der Waals surface area contributed by atoms with Crippen molar-refractivity contribution in [3.05, 3.63) is 46.7 Å². The van der Waals surface area contributed by atoms with Crippen LogP contribution in [0.1, 0.15) is 46.0 Å². The van der Waals surface area contributed by atoms with E-state index in [4.69, 9.17) is 0 Å². The topological polar surface area (TPSA) is 0 Å². The molecule has 1 atom stereocenters. The third-order valence-corrected chi connectivity index (χ3v) is 8.06. The molecule has 0 radical (unpaired) electrons. The summed E-state index contributed by atoms with van der Waals surface area (Å²) in [5.41, 5.74) is 3.64. The van der Waals surface area contributed by atoms with E-state index in [-0.39, 0.29) is 0 Å². The fraction of sp³-hybridized carbons (Fsp3) is 0.619. The fourth-order valence-corrected chi connectivity index (χ4v) is 5.39. The second kappa shape index (κ2) is 5.67. The Balaban J connectivity index is 1.82. The Morgan fingerprint density at radius 3 is 1.95 bits per heavy atom. The molecule has 0 spiro atoms. The molecule has 0 saturated heterocycles. The molecule has 1 unspecified atom stereocenters. The summed E-state index contributed by atoms with van der Waals surface area (Å²) in [7, 11) is -1.18. The van der Waals surface area contributed by atoms with Crippen LogP contribution in [-0.4, -0.2) is 8.07 Å². The highest BCUT2D eigenvalue weighted by molar-refractivity contribution is 6.83. The summed E-state index contributed by atoms with van der Waals surface area (Å²) >= 11 is 0. The first-order valence-corrected chi connectivity index (χ1v) is 12.6. The van der Waals surface area contributed by atoms with Crippen LogP contribution in [0.25, 0.3) is 0 Å². The van der Waals surface area contributed by atoms with Crippen LogP contribution in [0.4, 0.5) is 0 Å². The van der Waals surface area contributed by atoms with E-state index in [1.165, 1.54) is 32.1 Å². The minimum absolute atomic E-state index is 0.296. The van der Waals surface area contributed by atoms with Gasteiger partial charge in [0.25, 0.3) is 0 Å². The van der Waals surface area contributed by atoms with Crippen LogP contribution in [0.15, 0.2) is 46.7 Å². The van der Waals surface area contributed by atoms with Gasteiger partial charge in [-0.25, -0.2) is 0 Å². The van der Waals surface area contributed by atoms with Crippen LogP contribution < -0.4 is 0 Å². The Kier molecular flexibility index (Phi) is 4.14. The molecule has 120 valence electrons. The summed E-state index contributed by atoms with van der Waals surface area (Å²) in [6.07, 6.45) is 19.5. The molecule has 0 aromatic heterocycles. The predicted octanol–water partition coefficient (Wildman–Crippen LogP) is 6.45. The van der Waals surface area contributed by atoms with E-state index in [1.54, 1.807) is 16.3 Å². The first kappa shape index (κ1) is 16.0. The van der Waals surface area contributed by atoms with Gasteiger partial charge in [-0.05, 0) is 42.2 Å². The standard InChI is InChI=1S/C21H32Si/c1-21(2,18-11-12-20(15-18)22(3,4)5)19-13-16-9-7-6-8-10-17(16)14-19/h11-15,18-19H,6-10H2,1-5H3. The molecule has 0 aromatic rings. The maximum atomic E-state index is 2.61. The Morgan fingerprint density at radius 2 is 1.45 bits per heavy atom. The number of hydrogen-bond donors (Lipinski definition) is 0. The zero-order valence-corrected chi connectivity index (χ0v) is 16.1. The Bertz CT molecular complexity index is 541. The van der Waals surface area contributed by atoms with E-state index in [0.717, 1.165) is 0 Å². The summed E-state index contributed by atoms with van der Waals surface area (Å²) < 4.78 is 0. The molecule has 1 fully saturated rings. The first-order valence-electron chi connectivity index (χ1n) is 9.11. The van der Waals surface area contributed by atoms with E-state index in [2.05, 4.69) is 63.9 Å². The molecular weight excluding hydrogens is 280 g/mol.